The molecule has 130 valence electrons. The van der Waals surface area contributed by atoms with Gasteiger partial charge >= 0.3 is 0 Å². The third kappa shape index (κ3) is 3.78. The van der Waals surface area contributed by atoms with Gasteiger partial charge in [0, 0.05) is 32.1 Å². The zero-order chi connectivity index (χ0) is 16.4. The summed E-state index contributed by atoms with van der Waals surface area (Å²) in [5.74, 6) is 0.965. The molecule has 0 aromatic carbocycles. The Hall–Kier alpha value is -1.46. The Morgan fingerprint density at radius 3 is 3.12 bits per heavy atom. The Balaban J connectivity index is 1.30. The molecule has 5 nitrogen and oxygen atoms in total. The number of likely N-dealkylation sites (tertiary alicyclic amines) is 1. The van der Waals surface area contributed by atoms with E-state index in [1.165, 1.54) is 12.8 Å². The van der Waals surface area contributed by atoms with Gasteiger partial charge in [-0.3, -0.25) is 9.78 Å². The van der Waals surface area contributed by atoms with Gasteiger partial charge in [0.2, 0.25) is 5.91 Å². The number of hydrogen-bond donors (Lipinski definition) is 0. The first-order chi connectivity index (χ1) is 11.7. The van der Waals surface area contributed by atoms with Crippen LogP contribution < -0.4 is 0 Å². The van der Waals surface area contributed by atoms with Crippen molar-refractivity contribution in [2.75, 3.05) is 19.7 Å². The van der Waals surface area contributed by atoms with Crippen molar-refractivity contribution in [3.8, 4) is 0 Å². The monoisotopic (exact) mass is 330 g/mol. The molecule has 5 heteroatoms. The van der Waals surface area contributed by atoms with Gasteiger partial charge in [0.25, 0.3) is 0 Å². The summed E-state index contributed by atoms with van der Waals surface area (Å²) in [5, 5.41) is 0. The van der Waals surface area contributed by atoms with E-state index in [-0.39, 0.29) is 11.7 Å². The topological polar surface area (TPSA) is 51.7 Å². The van der Waals surface area contributed by atoms with Crippen molar-refractivity contribution >= 4 is 5.91 Å². The van der Waals surface area contributed by atoms with Crippen molar-refractivity contribution in [3.05, 3.63) is 30.1 Å². The molecule has 1 saturated carbocycles. The molecule has 0 N–H and O–H groups in total. The number of aromatic nitrogens is 1. The summed E-state index contributed by atoms with van der Waals surface area (Å²) in [5.41, 5.74) is 0.759. The Bertz CT molecular complexity index is 575. The van der Waals surface area contributed by atoms with E-state index in [1.807, 2.05) is 23.1 Å². The third-order valence-electron chi connectivity index (χ3n) is 5.42. The Morgan fingerprint density at radius 2 is 2.33 bits per heavy atom. The number of hydrogen-bond acceptors (Lipinski definition) is 4. The molecule has 2 aliphatic heterocycles. The molecule has 0 bridgehead atoms. The van der Waals surface area contributed by atoms with Crippen LogP contribution in [-0.4, -0.2) is 47.2 Å². The summed E-state index contributed by atoms with van der Waals surface area (Å²) in [6, 6.07) is 5.86. The second kappa shape index (κ2) is 6.81. The fraction of sp³-hybridized carbons (Fsp3) is 0.684. The molecule has 1 spiro atoms. The third-order valence-corrected chi connectivity index (χ3v) is 5.42. The van der Waals surface area contributed by atoms with Gasteiger partial charge in [-0.05, 0) is 43.7 Å². The van der Waals surface area contributed by atoms with E-state index < -0.39 is 0 Å². The Labute approximate surface area is 143 Å². The molecule has 2 atom stereocenters. The van der Waals surface area contributed by atoms with Gasteiger partial charge in [0.05, 0.1) is 30.6 Å². The SMILES string of the molecule is O=C(CC1CC1)N1CCC[C@]2(C[C@@H](OCc3ccccn3)CO2)C1. The summed E-state index contributed by atoms with van der Waals surface area (Å²) in [7, 11) is 0. The van der Waals surface area contributed by atoms with Crippen molar-refractivity contribution in [1.82, 2.24) is 9.88 Å². The van der Waals surface area contributed by atoms with Crippen molar-refractivity contribution in [3.63, 3.8) is 0 Å². The zero-order valence-electron chi connectivity index (χ0n) is 14.2. The van der Waals surface area contributed by atoms with Gasteiger partial charge in [-0.1, -0.05) is 6.07 Å². The first-order valence-electron chi connectivity index (χ1n) is 9.16. The average Bonchev–Trinajstić information content (AvgIpc) is 3.35. The van der Waals surface area contributed by atoms with Crippen LogP contribution in [0.3, 0.4) is 0 Å². The highest BCUT2D eigenvalue weighted by Gasteiger charge is 2.45. The van der Waals surface area contributed by atoms with Crippen molar-refractivity contribution < 1.29 is 14.3 Å². The van der Waals surface area contributed by atoms with E-state index in [1.54, 1.807) is 6.20 Å². The zero-order valence-corrected chi connectivity index (χ0v) is 14.2. The lowest BCUT2D eigenvalue weighted by atomic mass is 9.89. The molecule has 1 aromatic heterocycles. The number of nitrogens with zero attached hydrogens (tertiary/aromatic N) is 2. The maximum absolute atomic E-state index is 12.4. The molecule has 0 radical (unpaired) electrons. The predicted molar refractivity (Wildman–Crippen MR) is 89.3 cm³/mol. The summed E-state index contributed by atoms with van der Waals surface area (Å²) in [6.07, 6.45) is 8.02. The highest BCUT2D eigenvalue weighted by Crippen LogP contribution is 2.38. The van der Waals surface area contributed by atoms with Crippen LogP contribution in [0.2, 0.25) is 0 Å². The minimum Gasteiger partial charge on any atom is -0.370 e. The second-order valence-electron chi connectivity index (χ2n) is 7.52. The molecule has 3 aliphatic rings. The molecule has 3 heterocycles. The van der Waals surface area contributed by atoms with Crippen LogP contribution in [0.1, 0.15) is 44.2 Å². The molecule has 0 unspecified atom stereocenters. The van der Waals surface area contributed by atoms with Crippen LogP contribution in [0.15, 0.2) is 24.4 Å². The average molecular weight is 330 g/mol. The first kappa shape index (κ1) is 16.0. The van der Waals surface area contributed by atoms with Gasteiger partial charge in [-0.15, -0.1) is 0 Å². The summed E-state index contributed by atoms with van der Waals surface area (Å²) in [6.45, 7) is 2.77. The van der Waals surface area contributed by atoms with Crippen LogP contribution in [-0.2, 0) is 20.9 Å². The Kier molecular flexibility index (Phi) is 4.55. The van der Waals surface area contributed by atoms with E-state index in [0.29, 0.717) is 25.0 Å². The normalized spacial score (nSPS) is 30.0. The van der Waals surface area contributed by atoms with Crippen molar-refractivity contribution in [1.29, 1.82) is 0 Å². The molecule has 24 heavy (non-hydrogen) atoms. The van der Waals surface area contributed by atoms with Gasteiger partial charge < -0.3 is 14.4 Å². The molecule has 3 fully saturated rings. The number of piperidine rings is 1. The molecule has 4 rings (SSSR count). The first-order valence-corrected chi connectivity index (χ1v) is 9.16. The lowest BCUT2D eigenvalue weighted by Gasteiger charge is -2.39. The van der Waals surface area contributed by atoms with Crippen LogP contribution in [0.5, 0.6) is 0 Å². The van der Waals surface area contributed by atoms with E-state index in [9.17, 15) is 4.79 Å². The second-order valence-corrected chi connectivity index (χ2v) is 7.52. The lowest BCUT2D eigenvalue weighted by molar-refractivity contribution is -0.139. The van der Waals surface area contributed by atoms with Crippen molar-refractivity contribution in [2.45, 2.75) is 56.8 Å². The minimum atomic E-state index is -0.188. The number of amides is 1. The fourth-order valence-electron chi connectivity index (χ4n) is 3.89. The minimum absolute atomic E-state index is 0.102. The number of carbonyl (C=O) groups is 1. The van der Waals surface area contributed by atoms with Crippen LogP contribution >= 0.6 is 0 Å². The Morgan fingerprint density at radius 1 is 1.42 bits per heavy atom. The fourth-order valence-corrected chi connectivity index (χ4v) is 3.89. The number of rotatable bonds is 5. The summed E-state index contributed by atoms with van der Waals surface area (Å²) >= 11 is 0. The van der Waals surface area contributed by atoms with Gasteiger partial charge in [-0.2, -0.15) is 0 Å². The largest absolute Gasteiger partial charge is 0.370 e. The summed E-state index contributed by atoms with van der Waals surface area (Å²) in [4.78, 5) is 18.7. The van der Waals surface area contributed by atoms with Gasteiger partial charge in [-0.25, -0.2) is 0 Å². The lowest BCUT2D eigenvalue weighted by Crippen LogP contribution is -2.50. The van der Waals surface area contributed by atoms with Crippen LogP contribution in [0.25, 0.3) is 0 Å². The smallest absolute Gasteiger partial charge is 0.222 e. The van der Waals surface area contributed by atoms with E-state index in [2.05, 4.69) is 4.98 Å². The molecular formula is C19H26N2O3. The van der Waals surface area contributed by atoms with Crippen molar-refractivity contribution in [2.24, 2.45) is 5.92 Å². The van der Waals surface area contributed by atoms with Crippen LogP contribution in [0.4, 0.5) is 0 Å². The molecular weight excluding hydrogens is 304 g/mol. The highest BCUT2D eigenvalue weighted by atomic mass is 16.6. The van der Waals surface area contributed by atoms with Crippen LogP contribution in [0, 0.1) is 5.92 Å². The standard InChI is InChI=1S/C19H26N2O3/c22-18(10-15-5-6-15)21-9-3-7-19(14-21)11-17(13-24-19)23-12-16-4-1-2-8-20-16/h1-2,4,8,15,17H,3,5-7,9-14H2/t17-,19+/m1/s1. The maximum Gasteiger partial charge on any atom is 0.222 e. The predicted octanol–water partition coefficient (Wildman–Crippen LogP) is 2.55. The number of carbonyl (C=O) groups excluding carboxylic acids is 1. The molecule has 1 amide bonds. The number of pyridine rings is 1. The van der Waals surface area contributed by atoms with E-state index in [0.717, 1.165) is 44.5 Å². The molecule has 1 aromatic rings. The van der Waals surface area contributed by atoms with Gasteiger partial charge in [0.1, 0.15) is 0 Å². The highest BCUT2D eigenvalue weighted by molar-refractivity contribution is 5.77. The molecule has 1 aliphatic carbocycles. The van der Waals surface area contributed by atoms with Gasteiger partial charge in [0.15, 0.2) is 0 Å². The number of ether oxygens (including phenoxy) is 2. The maximum atomic E-state index is 12.4. The molecule has 2 saturated heterocycles. The summed E-state index contributed by atoms with van der Waals surface area (Å²) < 4.78 is 12.1. The quantitative estimate of drug-likeness (QED) is 0.832. The van der Waals surface area contributed by atoms with E-state index >= 15 is 0 Å². The van der Waals surface area contributed by atoms with E-state index in [4.69, 9.17) is 9.47 Å².